The molecule has 3 aromatic rings. The first-order chi connectivity index (χ1) is 14.0. The number of nitrogens with zero attached hydrogens (tertiary/aromatic N) is 1. The molecule has 0 aromatic heterocycles. The van der Waals surface area contributed by atoms with Crippen molar-refractivity contribution in [3.63, 3.8) is 0 Å². The van der Waals surface area contributed by atoms with Gasteiger partial charge in [0.25, 0.3) is 11.8 Å². The first-order valence-corrected chi connectivity index (χ1v) is 9.65. The first-order valence-electron chi connectivity index (χ1n) is 8.84. The maximum Gasteiger partial charge on any atom is 0.273 e. The van der Waals surface area contributed by atoms with Gasteiger partial charge in [-0.15, -0.1) is 0 Å². The van der Waals surface area contributed by atoms with E-state index in [2.05, 4.69) is 0 Å². The Labute approximate surface area is 170 Å². The van der Waals surface area contributed by atoms with Gasteiger partial charge in [-0.3, -0.25) is 9.59 Å². The summed E-state index contributed by atoms with van der Waals surface area (Å²) in [6.45, 7) is 1.92. The minimum atomic E-state index is -0.971. The first kappa shape index (κ1) is 19.1. The highest BCUT2D eigenvalue weighted by Gasteiger charge is 2.41. The van der Waals surface area contributed by atoms with E-state index in [1.54, 1.807) is 12.1 Å². The average molecular weight is 407 g/mol. The summed E-state index contributed by atoms with van der Waals surface area (Å²) in [5, 5.41) is 0. The Morgan fingerprint density at radius 2 is 1.52 bits per heavy atom. The highest BCUT2D eigenvalue weighted by molar-refractivity contribution is 8.04. The summed E-state index contributed by atoms with van der Waals surface area (Å²) in [6, 6.07) is 19.1. The Morgan fingerprint density at radius 3 is 2.17 bits per heavy atom. The summed E-state index contributed by atoms with van der Waals surface area (Å²) in [5.41, 5.74) is 1.50. The van der Waals surface area contributed by atoms with Gasteiger partial charge in [-0.25, -0.2) is 13.7 Å². The van der Waals surface area contributed by atoms with Gasteiger partial charge in [-0.05, 0) is 36.8 Å². The number of carbonyl (C=O) groups is 2. The second-order valence-corrected chi connectivity index (χ2v) is 7.61. The van der Waals surface area contributed by atoms with Crippen LogP contribution in [0.25, 0.3) is 5.57 Å². The van der Waals surface area contributed by atoms with E-state index in [4.69, 9.17) is 0 Å². The molecule has 0 bridgehead atoms. The van der Waals surface area contributed by atoms with Crippen LogP contribution in [0.15, 0.2) is 82.6 Å². The summed E-state index contributed by atoms with van der Waals surface area (Å²) in [6.07, 6.45) is 0. The van der Waals surface area contributed by atoms with Crippen molar-refractivity contribution in [2.75, 3.05) is 4.90 Å². The Balaban J connectivity index is 1.84. The topological polar surface area (TPSA) is 37.4 Å². The minimum Gasteiger partial charge on any atom is -0.268 e. The zero-order valence-electron chi connectivity index (χ0n) is 15.4. The fourth-order valence-corrected chi connectivity index (χ4v) is 4.08. The lowest BCUT2D eigenvalue weighted by Gasteiger charge is -2.16. The zero-order chi connectivity index (χ0) is 20.5. The molecule has 0 aliphatic carbocycles. The predicted octanol–water partition coefficient (Wildman–Crippen LogP) is 5.35. The lowest BCUT2D eigenvalue weighted by atomic mass is 10.0. The molecule has 4 rings (SSSR count). The van der Waals surface area contributed by atoms with Crippen molar-refractivity contribution in [1.29, 1.82) is 0 Å². The average Bonchev–Trinajstić information content (AvgIpc) is 2.94. The van der Waals surface area contributed by atoms with Crippen LogP contribution in [0.5, 0.6) is 0 Å². The number of thioether (sulfide) groups is 1. The van der Waals surface area contributed by atoms with Crippen LogP contribution in [-0.2, 0) is 9.59 Å². The molecule has 29 heavy (non-hydrogen) atoms. The molecule has 6 heteroatoms. The highest BCUT2D eigenvalue weighted by atomic mass is 32.2. The van der Waals surface area contributed by atoms with Crippen LogP contribution in [0.4, 0.5) is 14.5 Å². The van der Waals surface area contributed by atoms with E-state index in [0.717, 1.165) is 39.3 Å². The molecule has 0 radical (unpaired) electrons. The molecule has 1 aliphatic rings. The summed E-state index contributed by atoms with van der Waals surface area (Å²) in [5.74, 6) is -3.02. The van der Waals surface area contributed by atoms with Crippen LogP contribution in [0.2, 0.25) is 0 Å². The van der Waals surface area contributed by atoms with Crippen molar-refractivity contribution in [3.8, 4) is 0 Å². The third-order valence-corrected chi connectivity index (χ3v) is 5.59. The second-order valence-electron chi connectivity index (χ2n) is 6.53. The Hall–Kier alpha value is -3.25. The number of anilines is 1. The van der Waals surface area contributed by atoms with E-state index in [9.17, 15) is 18.4 Å². The third kappa shape index (κ3) is 3.59. The fourth-order valence-electron chi connectivity index (χ4n) is 3.07. The lowest BCUT2D eigenvalue weighted by molar-refractivity contribution is -0.119. The van der Waals surface area contributed by atoms with Crippen LogP contribution in [0.1, 0.15) is 11.1 Å². The standard InChI is InChI=1S/C23H15F2NO2S/c1-14-7-9-15(10-8-14)20-21(29-17-5-3-2-4-6-17)23(28)26(22(20)27)19-12-11-16(24)13-18(19)25/h2-13H,1H3. The number of imide groups is 1. The molecule has 144 valence electrons. The molecule has 0 spiro atoms. The molecule has 3 aromatic carbocycles. The molecule has 0 saturated heterocycles. The lowest BCUT2D eigenvalue weighted by Crippen LogP contribution is -2.32. The maximum atomic E-state index is 14.4. The van der Waals surface area contributed by atoms with Gasteiger partial charge in [0.2, 0.25) is 0 Å². The minimum absolute atomic E-state index is 0.201. The maximum absolute atomic E-state index is 14.4. The molecule has 2 amide bonds. The normalized spacial score (nSPS) is 14.1. The van der Waals surface area contributed by atoms with Crippen LogP contribution in [0.3, 0.4) is 0 Å². The van der Waals surface area contributed by atoms with Crippen LogP contribution < -0.4 is 4.90 Å². The van der Waals surface area contributed by atoms with E-state index in [1.807, 2.05) is 49.4 Å². The summed E-state index contributed by atoms with van der Waals surface area (Å²) < 4.78 is 27.7. The van der Waals surface area contributed by atoms with Gasteiger partial charge in [0.05, 0.1) is 16.2 Å². The number of carbonyl (C=O) groups excluding carboxylic acids is 2. The number of benzene rings is 3. The highest BCUT2D eigenvalue weighted by Crippen LogP contribution is 2.41. The molecule has 3 nitrogen and oxygen atoms in total. The fraction of sp³-hybridized carbons (Fsp3) is 0.0435. The van der Waals surface area contributed by atoms with Crippen LogP contribution in [-0.4, -0.2) is 11.8 Å². The second kappa shape index (κ2) is 7.64. The van der Waals surface area contributed by atoms with Gasteiger partial charge in [-0.1, -0.05) is 59.8 Å². The predicted molar refractivity (Wildman–Crippen MR) is 109 cm³/mol. The van der Waals surface area contributed by atoms with Gasteiger partial charge in [-0.2, -0.15) is 0 Å². The molecule has 0 N–H and O–H groups in total. The monoisotopic (exact) mass is 407 g/mol. The molecule has 0 unspecified atom stereocenters. The van der Waals surface area contributed by atoms with E-state index < -0.39 is 23.4 Å². The van der Waals surface area contributed by atoms with Crippen LogP contribution >= 0.6 is 11.8 Å². The van der Waals surface area contributed by atoms with Gasteiger partial charge in [0.15, 0.2) is 0 Å². The number of amides is 2. The van der Waals surface area contributed by atoms with Crippen molar-refractivity contribution in [2.45, 2.75) is 11.8 Å². The number of hydrogen-bond donors (Lipinski definition) is 0. The van der Waals surface area contributed by atoms with Crippen molar-refractivity contribution in [3.05, 3.63) is 100 Å². The molecule has 0 fully saturated rings. The molecule has 0 saturated carbocycles. The number of hydrogen-bond acceptors (Lipinski definition) is 3. The van der Waals surface area contributed by atoms with Gasteiger partial charge < -0.3 is 0 Å². The number of rotatable bonds is 4. The Morgan fingerprint density at radius 1 is 0.828 bits per heavy atom. The van der Waals surface area contributed by atoms with Crippen molar-refractivity contribution >= 4 is 34.8 Å². The molecular formula is C23H15F2NO2S. The number of halogens is 2. The van der Waals surface area contributed by atoms with Crippen molar-refractivity contribution in [2.24, 2.45) is 0 Å². The Bertz CT molecular complexity index is 1140. The SMILES string of the molecule is Cc1ccc(C2=C(Sc3ccccc3)C(=O)N(c3ccc(F)cc3F)C2=O)cc1. The molecule has 1 aliphatic heterocycles. The summed E-state index contributed by atoms with van der Waals surface area (Å²) in [4.78, 5) is 28.1. The van der Waals surface area contributed by atoms with Gasteiger partial charge >= 0.3 is 0 Å². The third-order valence-electron chi connectivity index (χ3n) is 4.50. The van der Waals surface area contributed by atoms with Crippen LogP contribution in [0, 0.1) is 18.6 Å². The number of aryl methyl sites for hydroxylation is 1. The zero-order valence-corrected chi connectivity index (χ0v) is 16.2. The van der Waals surface area contributed by atoms with Crippen molar-refractivity contribution in [1.82, 2.24) is 0 Å². The quantitative estimate of drug-likeness (QED) is 0.547. The smallest absolute Gasteiger partial charge is 0.268 e. The summed E-state index contributed by atoms with van der Waals surface area (Å²) in [7, 11) is 0. The molecular weight excluding hydrogens is 392 g/mol. The van der Waals surface area contributed by atoms with E-state index >= 15 is 0 Å². The van der Waals surface area contributed by atoms with Gasteiger partial charge in [0.1, 0.15) is 11.6 Å². The van der Waals surface area contributed by atoms with E-state index in [1.165, 1.54) is 0 Å². The molecule has 0 atom stereocenters. The van der Waals surface area contributed by atoms with E-state index in [0.29, 0.717) is 11.6 Å². The van der Waals surface area contributed by atoms with Gasteiger partial charge in [0, 0.05) is 11.0 Å². The summed E-state index contributed by atoms with van der Waals surface area (Å²) >= 11 is 1.15. The largest absolute Gasteiger partial charge is 0.273 e. The van der Waals surface area contributed by atoms with Crippen molar-refractivity contribution < 1.29 is 18.4 Å². The Kier molecular flexibility index (Phi) is 5.03. The molecule has 1 heterocycles. The van der Waals surface area contributed by atoms with E-state index in [-0.39, 0.29) is 16.2 Å².